The first-order valence-corrected chi connectivity index (χ1v) is 6.63. The summed E-state index contributed by atoms with van der Waals surface area (Å²) in [6.45, 7) is 0. The van der Waals surface area contributed by atoms with Gasteiger partial charge >= 0.3 is 0 Å². The van der Waals surface area contributed by atoms with Crippen LogP contribution in [0.25, 0.3) is 0 Å². The van der Waals surface area contributed by atoms with Crippen LogP contribution in [-0.4, -0.2) is 4.92 Å². The minimum absolute atomic E-state index is 0.00319. The fraction of sp³-hybridized carbons (Fsp3) is 0.200. The lowest BCUT2D eigenvalue weighted by Gasteiger charge is -2.16. The number of anilines is 2. The molecule has 3 rings (SSSR count). The molecule has 2 aromatic carbocycles. The zero-order valence-electron chi connectivity index (χ0n) is 11.2. The Hall–Kier alpha value is -2.63. The van der Waals surface area contributed by atoms with E-state index in [4.69, 9.17) is 5.73 Å². The van der Waals surface area contributed by atoms with E-state index >= 15 is 0 Å². The third-order valence-corrected chi connectivity index (χ3v) is 3.74. The molecule has 1 aliphatic carbocycles. The lowest BCUT2D eigenvalue weighted by Crippen LogP contribution is -2.08. The van der Waals surface area contributed by atoms with E-state index in [0.29, 0.717) is 0 Å². The number of non-ortho nitro benzene ring substituents is 1. The molecular formula is C15H14FN3O2. The van der Waals surface area contributed by atoms with E-state index in [0.717, 1.165) is 35.7 Å². The van der Waals surface area contributed by atoms with Crippen molar-refractivity contribution in [3.63, 3.8) is 0 Å². The van der Waals surface area contributed by atoms with Crippen LogP contribution in [0.15, 0.2) is 36.4 Å². The van der Waals surface area contributed by atoms with E-state index in [2.05, 4.69) is 5.32 Å². The summed E-state index contributed by atoms with van der Waals surface area (Å²) in [7, 11) is 0. The molecule has 0 radical (unpaired) electrons. The maximum atomic E-state index is 13.9. The van der Waals surface area contributed by atoms with Crippen molar-refractivity contribution >= 4 is 17.1 Å². The second-order valence-electron chi connectivity index (χ2n) is 5.12. The van der Waals surface area contributed by atoms with Gasteiger partial charge in [-0.15, -0.1) is 0 Å². The number of nitrogens with two attached hydrogens (primary N) is 1. The summed E-state index contributed by atoms with van der Waals surface area (Å²) in [5.74, 6) is -0.618. The number of benzene rings is 2. The van der Waals surface area contributed by atoms with Gasteiger partial charge in [-0.2, -0.15) is 0 Å². The number of halogens is 1. The van der Waals surface area contributed by atoms with Crippen LogP contribution in [0.3, 0.4) is 0 Å². The maximum absolute atomic E-state index is 13.9. The van der Waals surface area contributed by atoms with E-state index in [-0.39, 0.29) is 17.4 Å². The maximum Gasteiger partial charge on any atom is 0.272 e. The number of hydrogen-bond acceptors (Lipinski definition) is 4. The highest BCUT2D eigenvalue weighted by Gasteiger charge is 2.23. The largest absolute Gasteiger partial charge is 0.399 e. The predicted molar refractivity (Wildman–Crippen MR) is 78.6 cm³/mol. The summed E-state index contributed by atoms with van der Waals surface area (Å²) >= 11 is 0. The summed E-state index contributed by atoms with van der Waals surface area (Å²) < 4.78 is 13.9. The summed E-state index contributed by atoms with van der Waals surface area (Å²) in [4.78, 5) is 10.0. The molecule has 0 spiro atoms. The van der Waals surface area contributed by atoms with Crippen molar-refractivity contribution in [1.29, 1.82) is 0 Å². The smallest absolute Gasteiger partial charge is 0.272 e. The molecule has 6 heteroatoms. The predicted octanol–water partition coefficient (Wildman–Crippen LogP) is 3.42. The molecule has 0 saturated heterocycles. The van der Waals surface area contributed by atoms with Gasteiger partial charge in [0.1, 0.15) is 0 Å². The first-order valence-electron chi connectivity index (χ1n) is 6.63. The molecule has 0 heterocycles. The van der Waals surface area contributed by atoms with Crippen molar-refractivity contribution in [3.05, 3.63) is 63.5 Å². The normalized spacial score (nSPS) is 16.5. The SMILES string of the molecule is Nc1ccc2c(c1)CCC2Nc1ccc([N+](=O)[O-])cc1F. The summed E-state index contributed by atoms with van der Waals surface area (Å²) in [5.41, 5.74) is 8.75. The first kappa shape index (κ1) is 13.4. The van der Waals surface area contributed by atoms with Crippen LogP contribution in [0.5, 0.6) is 0 Å². The highest BCUT2D eigenvalue weighted by molar-refractivity contribution is 5.54. The van der Waals surface area contributed by atoms with Gasteiger partial charge in [-0.25, -0.2) is 4.39 Å². The molecule has 0 aromatic heterocycles. The molecule has 21 heavy (non-hydrogen) atoms. The van der Waals surface area contributed by atoms with Crippen LogP contribution in [-0.2, 0) is 6.42 Å². The van der Waals surface area contributed by atoms with Gasteiger partial charge in [0.2, 0.25) is 0 Å². The van der Waals surface area contributed by atoms with E-state index in [1.54, 1.807) is 0 Å². The van der Waals surface area contributed by atoms with Crippen LogP contribution in [0, 0.1) is 15.9 Å². The van der Waals surface area contributed by atoms with Gasteiger partial charge in [0.05, 0.1) is 22.7 Å². The Morgan fingerprint density at radius 1 is 1.29 bits per heavy atom. The van der Waals surface area contributed by atoms with Crippen LogP contribution in [0.1, 0.15) is 23.6 Å². The van der Waals surface area contributed by atoms with Crippen molar-refractivity contribution in [1.82, 2.24) is 0 Å². The van der Waals surface area contributed by atoms with Crippen molar-refractivity contribution in [3.8, 4) is 0 Å². The molecule has 0 saturated carbocycles. The van der Waals surface area contributed by atoms with Crippen LogP contribution in [0.2, 0.25) is 0 Å². The standard InChI is InChI=1S/C15H14FN3O2/c16-13-8-11(19(20)21)3-6-15(13)18-14-5-1-9-7-10(17)2-4-12(9)14/h2-4,6-8,14,18H,1,5,17H2. The molecule has 5 nitrogen and oxygen atoms in total. The molecule has 0 fully saturated rings. The van der Waals surface area contributed by atoms with Gasteiger partial charge < -0.3 is 11.1 Å². The summed E-state index contributed by atoms with van der Waals surface area (Å²) in [5, 5.41) is 13.7. The minimum atomic E-state index is -0.618. The number of rotatable bonds is 3. The van der Waals surface area contributed by atoms with Crippen molar-refractivity contribution < 1.29 is 9.31 Å². The Bertz CT molecular complexity index is 718. The molecule has 0 amide bonds. The highest BCUT2D eigenvalue weighted by atomic mass is 19.1. The molecule has 1 atom stereocenters. The Labute approximate surface area is 120 Å². The van der Waals surface area contributed by atoms with Crippen molar-refractivity contribution in [2.24, 2.45) is 0 Å². The number of hydrogen-bond donors (Lipinski definition) is 2. The highest BCUT2D eigenvalue weighted by Crippen LogP contribution is 2.35. The van der Waals surface area contributed by atoms with E-state index in [9.17, 15) is 14.5 Å². The Morgan fingerprint density at radius 3 is 2.81 bits per heavy atom. The number of nitrogen functional groups attached to an aromatic ring is 1. The molecule has 1 aliphatic rings. The fourth-order valence-corrected chi connectivity index (χ4v) is 2.71. The second-order valence-corrected chi connectivity index (χ2v) is 5.12. The average Bonchev–Trinajstić information content (AvgIpc) is 2.83. The van der Waals surface area contributed by atoms with Crippen LogP contribution >= 0.6 is 0 Å². The third kappa shape index (κ3) is 2.52. The van der Waals surface area contributed by atoms with E-state index in [1.807, 2.05) is 18.2 Å². The number of nitrogens with zero attached hydrogens (tertiary/aromatic N) is 1. The van der Waals surface area contributed by atoms with Crippen molar-refractivity contribution in [2.75, 3.05) is 11.1 Å². The second kappa shape index (κ2) is 5.05. The molecule has 0 bridgehead atoms. The van der Waals surface area contributed by atoms with Crippen LogP contribution < -0.4 is 11.1 Å². The van der Waals surface area contributed by atoms with Crippen LogP contribution in [0.4, 0.5) is 21.5 Å². The summed E-state index contributed by atoms with van der Waals surface area (Å²) in [6, 6.07) is 9.33. The first-order chi connectivity index (χ1) is 10.0. The monoisotopic (exact) mass is 287 g/mol. The Kier molecular flexibility index (Phi) is 3.21. The molecular weight excluding hydrogens is 273 g/mol. The van der Waals surface area contributed by atoms with E-state index < -0.39 is 10.7 Å². The van der Waals surface area contributed by atoms with Gasteiger partial charge in [0.15, 0.2) is 5.82 Å². The van der Waals surface area contributed by atoms with Crippen molar-refractivity contribution in [2.45, 2.75) is 18.9 Å². The summed E-state index contributed by atoms with van der Waals surface area (Å²) in [6.07, 6.45) is 1.72. The molecule has 108 valence electrons. The quantitative estimate of drug-likeness (QED) is 0.515. The van der Waals surface area contributed by atoms with Gasteiger partial charge in [-0.1, -0.05) is 6.07 Å². The average molecular weight is 287 g/mol. The molecule has 1 unspecified atom stereocenters. The zero-order valence-corrected chi connectivity index (χ0v) is 11.2. The lowest BCUT2D eigenvalue weighted by atomic mass is 10.1. The lowest BCUT2D eigenvalue weighted by molar-refractivity contribution is -0.385. The van der Waals surface area contributed by atoms with Gasteiger partial charge in [-0.3, -0.25) is 10.1 Å². The number of nitro groups is 1. The number of aryl methyl sites for hydroxylation is 1. The van der Waals surface area contributed by atoms with E-state index in [1.165, 1.54) is 12.1 Å². The number of nitrogens with one attached hydrogen (secondary N) is 1. The number of fused-ring (bicyclic) bond motifs is 1. The number of nitro benzene ring substituents is 1. The zero-order chi connectivity index (χ0) is 15.0. The van der Waals surface area contributed by atoms with Gasteiger partial charge in [0, 0.05) is 11.8 Å². The van der Waals surface area contributed by atoms with Gasteiger partial charge in [-0.05, 0) is 42.2 Å². The Morgan fingerprint density at radius 2 is 2.10 bits per heavy atom. The topological polar surface area (TPSA) is 81.2 Å². The Balaban J connectivity index is 1.84. The fourth-order valence-electron chi connectivity index (χ4n) is 2.71. The molecule has 3 N–H and O–H groups in total. The third-order valence-electron chi connectivity index (χ3n) is 3.74. The molecule has 0 aliphatic heterocycles. The van der Waals surface area contributed by atoms with Gasteiger partial charge in [0.25, 0.3) is 5.69 Å². The minimum Gasteiger partial charge on any atom is -0.399 e. The molecule has 2 aromatic rings.